The highest BCUT2D eigenvalue weighted by molar-refractivity contribution is 5.89. The van der Waals surface area contributed by atoms with Crippen molar-refractivity contribution in [2.24, 2.45) is 0 Å². The molecule has 0 atom stereocenters. The Kier molecular flexibility index (Phi) is 4.29. The van der Waals surface area contributed by atoms with Gasteiger partial charge in [-0.25, -0.2) is 9.48 Å². The smallest absolute Gasteiger partial charge is 0.360 e. The Morgan fingerprint density at radius 3 is 2.57 bits per heavy atom. The van der Waals surface area contributed by atoms with Crippen molar-refractivity contribution in [2.45, 2.75) is 58.5 Å². The van der Waals surface area contributed by atoms with E-state index in [4.69, 9.17) is 4.74 Å². The van der Waals surface area contributed by atoms with Gasteiger partial charge in [0.05, 0.1) is 12.3 Å². The average molecular weight is 294 g/mol. The molecule has 1 N–H and O–H groups in total. The second-order valence-electron chi connectivity index (χ2n) is 6.26. The van der Waals surface area contributed by atoms with Crippen LogP contribution in [0, 0.1) is 0 Å². The number of ether oxygens (including phenoxy) is 1. The van der Waals surface area contributed by atoms with E-state index in [1.54, 1.807) is 6.92 Å². The molecular formula is C14H22N4O3. The second-order valence-corrected chi connectivity index (χ2v) is 6.26. The third-order valence-electron chi connectivity index (χ3n) is 3.15. The maximum Gasteiger partial charge on any atom is 0.360 e. The molecule has 1 aromatic heterocycles. The van der Waals surface area contributed by atoms with Gasteiger partial charge in [0.1, 0.15) is 6.54 Å². The van der Waals surface area contributed by atoms with E-state index in [1.165, 1.54) is 4.68 Å². The molecule has 1 aliphatic carbocycles. The summed E-state index contributed by atoms with van der Waals surface area (Å²) in [5.41, 5.74) is 0.432. The van der Waals surface area contributed by atoms with Crippen molar-refractivity contribution in [3.05, 3.63) is 11.4 Å². The van der Waals surface area contributed by atoms with Crippen LogP contribution in [0.4, 0.5) is 0 Å². The first-order chi connectivity index (χ1) is 9.82. The number of amides is 1. The molecule has 1 aliphatic rings. The van der Waals surface area contributed by atoms with Gasteiger partial charge >= 0.3 is 5.97 Å². The molecule has 116 valence electrons. The molecule has 0 radical (unpaired) electrons. The molecule has 1 fully saturated rings. The minimum atomic E-state index is -0.503. The zero-order valence-corrected chi connectivity index (χ0v) is 13.0. The van der Waals surface area contributed by atoms with Gasteiger partial charge in [-0.1, -0.05) is 26.0 Å². The number of hydrogen-bond donors (Lipinski definition) is 1. The number of esters is 1. The van der Waals surface area contributed by atoms with Crippen molar-refractivity contribution in [1.82, 2.24) is 20.3 Å². The summed E-state index contributed by atoms with van der Waals surface area (Å²) >= 11 is 0. The van der Waals surface area contributed by atoms with Gasteiger partial charge < -0.3 is 10.1 Å². The molecule has 0 aliphatic heterocycles. The normalized spacial score (nSPS) is 14.9. The third kappa shape index (κ3) is 3.80. The molecule has 0 aromatic carbocycles. The van der Waals surface area contributed by atoms with Gasteiger partial charge in [-0.3, -0.25) is 4.79 Å². The van der Waals surface area contributed by atoms with Gasteiger partial charge in [0.25, 0.3) is 0 Å². The first kappa shape index (κ1) is 15.5. The summed E-state index contributed by atoms with van der Waals surface area (Å²) in [6.45, 7) is 7.92. The number of hydrogen-bond acceptors (Lipinski definition) is 5. The van der Waals surface area contributed by atoms with Crippen LogP contribution in [-0.2, 0) is 21.5 Å². The molecule has 0 unspecified atom stereocenters. The highest BCUT2D eigenvalue weighted by Crippen LogP contribution is 2.25. The lowest BCUT2D eigenvalue weighted by atomic mass is 9.90. The minimum absolute atomic E-state index is 0.0650. The van der Waals surface area contributed by atoms with Crippen LogP contribution in [0.15, 0.2) is 0 Å². The fourth-order valence-corrected chi connectivity index (χ4v) is 2.14. The number of carbonyl (C=O) groups is 2. The van der Waals surface area contributed by atoms with Crippen molar-refractivity contribution >= 4 is 11.9 Å². The number of nitrogens with zero attached hydrogens (tertiary/aromatic N) is 3. The van der Waals surface area contributed by atoms with Gasteiger partial charge in [-0.2, -0.15) is 0 Å². The van der Waals surface area contributed by atoms with Crippen LogP contribution in [0.1, 0.15) is 56.7 Å². The van der Waals surface area contributed by atoms with E-state index in [0.29, 0.717) is 11.7 Å². The lowest BCUT2D eigenvalue weighted by Crippen LogP contribution is -2.32. The fraction of sp³-hybridized carbons (Fsp3) is 0.714. The largest absolute Gasteiger partial charge is 0.461 e. The molecule has 7 heteroatoms. The summed E-state index contributed by atoms with van der Waals surface area (Å²) in [4.78, 5) is 23.9. The first-order valence-corrected chi connectivity index (χ1v) is 7.23. The SMILES string of the molecule is CCOC(=O)c1nnn(CC(=O)NC2CC2)c1C(C)(C)C. The lowest BCUT2D eigenvalue weighted by molar-refractivity contribution is -0.122. The van der Waals surface area contributed by atoms with Crippen LogP contribution in [-0.4, -0.2) is 39.5 Å². The van der Waals surface area contributed by atoms with Crippen molar-refractivity contribution in [3.8, 4) is 0 Å². The standard InChI is InChI=1S/C14H22N4O3/c1-5-21-13(20)11-12(14(2,3)4)18(17-16-11)8-10(19)15-9-6-7-9/h9H,5-8H2,1-4H3,(H,15,19). The van der Waals surface area contributed by atoms with Gasteiger partial charge in [0.15, 0.2) is 5.69 Å². The number of nitrogens with one attached hydrogen (secondary N) is 1. The van der Waals surface area contributed by atoms with E-state index in [2.05, 4.69) is 15.6 Å². The molecule has 1 heterocycles. The topological polar surface area (TPSA) is 86.1 Å². The highest BCUT2D eigenvalue weighted by atomic mass is 16.5. The Bertz CT molecular complexity index is 541. The second kappa shape index (κ2) is 5.83. The van der Waals surface area contributed by atoms with Gasteiger partial charge in [-0.15, -0.1) is 5.10 Å². The third-order valence-corrected chi connectivity index (χ3v) is 3.15. The Balaban J connectivity index is 2.23. The monoisotopic (exact) mass is 294 g/mol. The molecular weight excluding hydrogens is 272 g/mol. The van der Waals surface area contributed by atoms with E-state index in [1.807, 2.05) is 20.8 Å². The van der Waals surface area contributed by atoms with Crippen molar-refractivity contribution in [3.63, 3.8) is 0 Å². The average Bonchev–Trinajstić information content (AvgIpc) is 3.05. The van der Waals surface area contributed by atoms with Crippen LogP contribution in [0.25, 0.3) is 0 Å². The van der Waals surface area contributed by atoms with Crippen molar-refractivity contribution < 1.29 is 14.3 Å². The molecule has 0 bridgehead atoms. The Hall–Kier alpha value is -1.92. The number of carbonyl (C=O) groups excluding carboxylic acids is 2. The van der Waals surface area contributed by atoms with E-state index < -0.39 is 5.97 Å². The van der Waals surface area contributed by atoms with Crippen LogP contribution < -0.4 is 5.32 Å². The number of rotatable bonds is 5. The zero-order valence-electron chi connectivity index (χ0n) is 13.0. The summed E-state index contributed by atoms with van der Waals surface area (Å²) in [6.07, 6.45) is 2.06. The van der Waals surface area contributed by atoms with Crippen LogP contribution in [0.5, 0.6) is 0 Å². The lowest BCUT2D eigenvalue weighted by Gasteiger charge is -2.20. The molecule has 21 heavy (non-hydrogen) atoms. The molecule has 1 aromatic rings. The molecule has 7 nitrogen and oxygen atoms in total. The Morgan fingerprint density at radius 1 is 1.38 bits per heavy atom. The fourth-order valence-electron chi connectivity index (χ4n) is 2.14. The maximum atomic E-state index is 12.0. The summed E-state index contributed by atoms with van der Waals surface area (Å²) in [5.74, 6) is -0.611. The highest BCUT2D eigenvalue weighted by Gasteiger charge is 2.31. The van der Waals surface area contributed by atoms with E-state index in [0.717, 1.165) is 12.8 Å². The number of aromatic nitrogens is 3. The first-order valence-electron chi connectivity index (χ1n) is 7.23. The molecule has 2 rings (SSSR count). The molecule has 0 spiro atoms. The maximum absolute atomic E-state index is 12.0. The summed E-state index contributed by atoms with van der Waals surface area (Å²) < 4.78 is 6.49. The predicted molar refractivity (Wildman–Crippen MR) is 75.8 cm³/mol. The minimum Gasteiger partial charge on any atom is -0.461 e. The van der Waals surface area contributed by atoms with Crippen molar-refractivity contribution in [2.75, 3.05) is 6.61 Å². The molecule has 1 saturated carbocycles. The van der Waals surface area contributed by atoms with Gasteiger partial charge in [-0.05, 0) is 19.8 Å². The van der Waals surface area contributed by atoms with E-state index >= 15 is 0 Å². The van der Waals surface area contributed by atoms with Crippen LogP contribution >= 0.6 is 0 Å². The predicted octanol–water partition coefficient (Wildman–Crippen LogP) is 1.03. The quantitative estimate of drug-likeness (QED) is 0.820. The summed E-state index contributed by atoms with van der Waals surface area (Å²) in [5, 5.41) is 10.8. The summed E-state index contributed by atoms with van der Waals surface area (Å²) in [6, 6.07) is 0.295. The molecule has 0 saturated heterocycles. The Morgan fingerprint density at radius 2 is 2.05 bits per heavy atom. The summed E-state index contributed by atoms with van der Waals surface area (Å²) in [7, 11) is 0. The molecule has 1 amide bonds. The zero-order chi connectivity index (χ0) is 15.6. The van der Waals surface area contributed by atoms with Crippen LogP contribution in [0.3, 0.4) is 0 Å². The van der Waals surface area contributed by atoms with Crippen LogP contribution in [0.2, 0.25) is 0 Å². The van der Waals surface area contributed by atoms with Gasteiger partial charge in [0.2, 0.25) is 5.91 Å². The van der Waals surface area contributed by atoms with Crippen molar-refractivity contribution in [1.29, 1.82) is 0 Å². The van der Waals surface area contributed by atoms with Gasteiger partial charge in [0, 0.05) is 11.5 Å². The van der Waals surface area contributed by atoms with E-state index in [-0.39, 0.29) is 30.2 Å². The van der Waals surface area contributed by atoms with E-state index in [9.17, 15) is 9.59 Å². The Labute approximate surface area is 124 Å².